The lowest BCUT2D eigenvalue weighted by atomic mass is 9.88. The highest BCUT2D eigenvalue weighted by Crippen LogP contribution is 2.28. The van der Waals surface area contributed by atoms with Crippen molar-refractivity contribution in [3.05, 3.63) is 29.7 Å². The van der Waals surface area contributed by atoms with Crippen LogP contribution in [0.1, 0.15) is 32.6 Å². The summed E-state index contributed by atoms with van der Waals surface area (Å²) in [5, 5.41) is 6.48. The first-order chi connectivity index (χ1) is 10.7. The van der Waals surface area contributed by atoms with Gasteiger partial charge in [0.25, 0.3) is 0 Å². The molecule has 1 aliphatic heterocycles. The fraction of sp³-hybridized carbons (Fsp3) is 0.562. The standard InChI is InChI=1S/C16H22N4O2/c1-11(12-3-2-4-12)16(21)20-13-6-8-22-9-14(13)19-15-5-7-17-10-18-15/h5,7,10,13-14H,2-4,6,8-9H2,1H3,(H,20,21)(H,17,18,19)/t13-,14+/m0/s1. The van der Waals surface area contributed by atoms with Crippen molar-refractivity contribution >= 4 is 11.7 Å². The van der Waals surface area contributed by atoms with Crippen LogP contribution in [0, 0.1) is 0 Å². The molecule has 2 fully saturated rings. The van der Waals surface area contributed by atoms with Crippen LogP contribution in [0.15, 0.2) is 29.7 Å². The van der Waals surface area contributed by atoms with Crippen LogP contribution in [-0.4, -0.2) is 41.2 Å². The first-order valence-corrected chi connectivity index (χ1v) is 7.84. The van der Waals surface area contributed by atoms with Crippen molar-refractivity contribution < 1.29 is 9.53 Å². The smallest absolute Gasteiger partial charge is 0.247 e. The second-order valence-corrected chi connectivity index (χ2v) is 5.87. The fourth-order valence-electron chi connectivity index (χ4n) is 2.78. The molecule has 0 unspecified atom stereocenters. The van der Waals surface area contributed by atoms with Crippen LogP contribution in [0.2, 0.25) is 0 Å². The van der Waals surface area contributed by atoms with Crippen LogP contribution in [-0.2, 0) is 9.53 Å². The Morgan fingerprint density at radius 2 is 2.23 bits per heavy atom. The van der Waals surface area contributed by atoms with E-state index in [1.54, 1.807) is 6.20 Å². The van der Waals surface area contributed by atoms with Crippen LogP contribution in [0.5, 0.6) is 0 Å². The van der Waals surface area contributed by atoms with Crippen LogP contribution in [0.4, 0.5) is 5.82 Å². The van der Waals surface area contributed by atoms with Gasteiger partial charge in [0.2, 0.25) is 5.91 Å². The lowest BCUT2D eigenvalue weighted by Crippen LogP contribution is -2.52. The van der Waals surface area contributed by atoms with Crippen molar-refractivity contribution in [1.29, 1.82) is 0 Å². The number of ether oxygens (including phenoxy) is 1. The van der Waals surface area contributed by atoms with Gasteiger partial charge in [-0.15, -0.1) is 0 Å². The molecule has 6 nitrogen and oxygen atoms in total. The zero-order valence-electron chi connectivity index (χ0n) is 12.8. The Kier molecular flexibility index (Phi) is 4.68. The SMILES string of the molecule is CC(C(=O)N[C@H]1CCOC[C@H]1Nc1ccncn1)=C1CCC1. The molecular formula is C16H22N4O2. The van der Waals surface area contributed by atoms with Crippen molar-refractivity contribution in [1.82, 2.24) is 15.3 Å². The number of aromatic nitrogens is 2. The van der Waals surface area contributed by atoms with Crippen LogP contribution in [0.3, 0.4) is 0 Å². The topological polar surface area (TPSA) is 76.1 Å². The molecule has 0 radical (unpaired) electrons. The molecule has 1 aromatic heterocycles. The molecule has 3 rings (SSSR count). The minimum absolute atomic E-state index is 0.0202. The lowest BCUT2D eigenvalue weighted by Gasteiger charge is -2.33. The molecule has 1 saturated carbocycles. The Labute approximate surface area is 130 Å². The van der Waals surface area contributed by atoms with Crippen molar-refractivity contribution in [2.75, 3.05) is 18.5 Å². The number of nitrogens with one attached hydrogen (secondary N) is 2. The third-order valence-corrected chi connectivity index (χ3v) is 4.42. The molecule has 2 heterocycles. The summed E-state index contributed by atoms with van der Waals surface area (Å²) in [5.41, 5.74) is 2.18. The van der Waals surface area contributed by atoms with E-state index in [1.165, 1.54) is 18.3 Å². The molecule has 0 bridgehead atoms. The predicted molar refractivity (Wildman–Crippen MR) is 83.4 cm³/mol. The molecule has 6 heteroatoms. The van der Waals surface area contributed by atoms with Crippen LogP contribution in [0.25, 0.3) is 0 Å². The van der Waals surface area contributed by atoms with Crippen LogP contribution >= 0.6 is 0 Å². The van der Waals surface area contributed by atoms with Gasteiger partial charge in [-0.2, -0.15) is 0 Å². The Morgan fingerprint density at radius 3 is 2.91 bits per heavy atom. The maximum absolute atomic E-state index is 12.4. The Bertz CT molecular complexity index is 553. The molecule has 1 amide bonds. The molecule has 1 saturated heterocycles. The summed E-state index contributed by atoms with van der Waals surface area (Å²) in [5.74, 6) is 0.801. The number of carbonyl (C=O) groups is 1. The molecule has 0 aromatic carbocycles. The molecular weight excluding hydrogens is 280 g/mol. The van der Waals surface area contributed by atoms with Gasteiger partial charge in [0.05, 0.1) is 18.7 Å². The Hall–Kier alpha value is -1.95. The van der Waals surface area contributed by atoms with Gasteiger partial charge in [0.1, 0.15) is 12.1 Å². The van der Waals surface area contributed by atoms with E-state index in [4.69, 9.17) is 4.74 Å². The number of hydrogen-bond donors (Lipinski definition) is 2. The average molecular weight is 302 g/mol. The normalized spacial score (nSPS) is 24.3. The summed E-state index contributed by atoms with van der Waals surface area (Å²) >= 11 is 0. The summed E-state index contributed by atoms with van der Waals surface area (Å²) in [6, 6.07) is 1.88. The number of amides is 1. The maximum atomic E-state index is 12.4. The van der Waals surface area contributed by atoms with Crippen molar-refractivity contribution in [2.45, 2.75) is 44.7 Å². The molecule has 2 aliphatic rings. The van der Waals surface area contributed by atoms with Gasteiger partial charge in [0.15, 0.2) is 0 Å². The second-order valence-electron chi connectivity index (χ2n) is 5.87. The lowest BCUT2D eigenvalue weighted by molar-refractivity contribution is -0.118. The van der Waals surface area contributed by atoms with Gasteiger partial charge < -0.3 is 15.4 Å². The summed E-state index contributed by atoms with van der Waals surface area (Å²) in [7, 11) is 0. The first kappa shape index (κ1) is 15.0. The minimum atomic E-state index is 0.0202. The number of hydrogen-bond acceptors (Lipinski definition) is 5. The maximum Gasteiger partial charge on any atom is 0.247 e. The predicted octanol–water partition coefficient (Wildman–Crippen LogP) is 1.66. The molecule has 2 N–H and O–H groups in total. The fourth-order valence-corrected chi connectivity index (χ4v) is 2.78. The van der Waals surface area contributed by atoms with Gasteiger partial charge in [-0.3, -0.25) is 4.79 Å². The number of nitrogens with zero attached hydrogens (tertiary/aromatic N) is 2. The van der Waals surface area contributed by atoms with Crippen molar-refractivity contribution in [3.8, 4) is 0 Å². The van der Waals surface area contributed by atoms with E-state index < -0.39 is 0 Å². The summed E-state index contributed by atoms with van der Waals surface area (Å²) in [6.45, 7) is 3.16. The summed E-state index contributed by atoms with van der Waals surface area (Å²) in [6.07, 6.45) is 7.33. The number of anilines is 1. The zero-order chi connectivity index (χ0) is 15.4. The summed E-state index contributed by atoms with van der Waals surface area (Å²) < 4.78 is 5.54. The molecule has 1 aromatic rings. The highest BCUT2D eigenvalue weighted by Gasteiger charge is 2.28. The Balaban J connectivity index is 1.63. The average Bonchev–Trinajstić information content (AvgIpc) is 2.48. The van der Waals surface area contributed by atoms with Crippen LogP contribution < -0.4 is 10.6 Å². The second kappa shape index (κ2) is 6.87. The van der Waals surface area contributed by atoms with Crippen molar-refractivity contribution in [3.63, 3.8) is 0 Å². The number of carbonyl (C=O) groups excluding carboxylic acids is 1. The summed E-state index contributed by atoms with van der Waals surface area (Å²) in [4.78, 5) is 20.5. The van der Waals surface area contributed by atoms with Gasteiger partial charge in [-0.25, -0.2) is 9.97 Å². The minimum Gasteiger partial charge on any atom is -0.379 e. The third-order valence-electron chi connectivity index (χ3n) is 4.42. The highest BCUT2D eigenvalue weighted by molar-refractivity contribution is 5.94. The Morgan fingerprint density at radius 1 is 1.36 bits per heavy atom. The quantitative estimate of drug-likeness (QED) is 0.827. The van der Waals surface area contributed by atoms with E-state index in [1.807, 2.05) is 13.0 Å². The molecule has 0 spiro atoms. The highest BCUT2D eigenvalue weighted by atomic mass is 16.5. The number of allylic oxidation sites excluding steroid dienone is 1. The van der Waals surface area contributed by atoms with Gasteiger partial charge in [-0.05, 0) is 38.7 Å². The molecule has 2 atom stereocenters. The van der Waals surface area contributed by atoms with Gasteiger partial charge in [-0.1, -0.05) is 5.57 Å². The van der Waals surface area contributed by atoms with E-state index in [0.717, 1.165) is 30.7 Å². The van der Waals surface area contributed by atoms with E-state index in [9.17, 15) is 4.79 Å². The van der Waals surface area contributed by atoms with E-state index in [2.05, 4.69) is 20.6 Å². The van der Waals surface area contributed by atoms with E-state index in [0.29, 0.717) is 13.2 Å². The third kappa shape index (κ3) is 3.44. The van der Waals surface area contributed by atoms with Gasteiger partial charge >= 0.3 is 0 Å². The first-order valence-electron chi connectivity index (χ1n) is 7.84. The zero-order valence-corrected chi connectivity index (χ0v) is 12.8. The molecule has 118 valence electrons. The molecule has 1 aliphatic carbocycles. The van der Waals surface area contributed by atoms with Gasteiger partial charge in [0, 0.05) is 18.4 Å². The van der Waals surface area contributed by atoms with E-state index >= 15 is 0 Å². The van der Waals surface area contributed by atoms with E-state index in [-0.39, 0.29) is 18.0 Å². The van der Waals surface area contributed by atoms with Crippen molar-refractivity contribution in [2.24, 2.45) is 0 Å². The molecule has 22 heavy (non-hydrogen) atoms. The largest absolute Gasteiger partial charge is 0.379 e. The monoisotopic (exact) mass is 302 g/mol. The number of rotatable bonds is 4.